The zero-order valence-electron chi connectivity index (χ0n) is 10.4. The average molecular weight is 260 g/mol. The maximum absolute atomic E-state index is 12.0. The van der Waals surface area contributed by atoms with Crippen LogP contribution < -0.4 is 11.1 Å². The van der Waals surface area contributed by atoms with Gasteiger partial charge in [-0.05, 0) is 6.07 Å². The third-order valence-electron chi connectivity index (χ3n) is 2.69. The molecule has 0 aliphatic rings. The number of nitrogens with one attached hydrogen (secondary N) is 1. The van der Waals surface area contributed by atoms with E-state index in [9.17, 15) is 9.90 Å². The number of hydrogen-bond acceptors (Lipinski definition) is 4. The number of aromatic nitrogens is 2. The fourth-order valence-corrected chi connectivity index (χ4v) is 1.72. The normalized spacial score (nSPS) is 10.4. The molecule has 2 rings (SSSR count). The highest BCUT2D eigenvalue weighted by Gasteiger charge is 2.11. The first kappa shape index (κ1) is 13.3. The second-order valence-corrected chi connectivity index (χ2v) is 4.05. The number of nitrogens with zero attached hydrogens (tertiary/aromatic N) is 2. The highest BCUT2D eigenvalue weighted by Crippen LogP contribution is 2.15. The first-order chi connectivity index (χ1) is 9.24. The monoisotopic (exact) mass is 260 g/mol. The molecule has 0 saturated carbocycles. The van der Waals surface area contributed by atoms with Gasteiger partial charge >= 0.3 is 0 Å². The van der Waals surface area contributed by atoms with Crippen molar-refractivity contribution in [2.75, 3.05) is 11.9 Å². The lowest BCUT2D eigenvalue weighted by Gasteiger charge is -2.07. The summed E-state index contributed by atoms with van der Waals surface area (Å²) in [6.07, 6.45) is 3.21. The number of carbonyl (C=O) groups is 1. The van der Waals surface area contributed by atoms with E-state index in [0.29, 0.717) is 30.0 Å². The average Bonchev–Trinajstić information content (AvgIpc) is 2.88. The summed E-state index contributed by atoms with van der Waals surface area (Å²) in [5, 5.41) is 11.9. The third-order valence-corrected chi connectivity index (χ3v) is 2.69. The Kier molecular flexibility index (Phi) is 4.27. The molecule has 0 atom stereocenters. The summed E-state index contributed by atoms with van der Waals surface area (Å²) in [4.78, 5) is 16.0. The van der Waals surface area contributed by atoms with Gasteiger partial charge < -0.3 is 20.7 Å². The Bertz CT molecular complexity index is 565. The maximum Gasteiger partial charge on any atom is 0.275 e. The van der Waals surface area contributed by atoms with Crippen LogP contribution in [0.4, 0.5) is 5.69 Å². The molecule has 19 heavy (non-hydrogen) atoms. The molecule has 0 aliphatic heterocycles. The van der Waals surface area contributed by atoms with E-state index in [1.54, 1.807) is 41.4 Å². The molecule has 2 aromatic rings. The van der Waals surface area contributed by atoms with Crippen molar-refractivity contribution in [3.63, 3.8) is 0 Å². The van der Waals surface area contributed by atoms with Crippen LogP contribution in [0, 0.1) is 0 Å². The van der Waals surface area contributed by atoms with Crippen LogP contribution in [0.1, 0.15) is 16.1 Å². The Morgan fingerprint density at radius 1 is 1.42 bits per heavy atom. The number of hydrogen-bond donors (Lipinski definition) is 3. The van der Waals surface area contributed by atoms with Gasteiger partial charge in [0, 0.05) is 30.5 Å². The zero-order chi connectivity index (χ0) is 13.7. The summed E-state index contributed by atoms with van der Waals surface area (Å²) in [7, 11) is 0. The molecular formula is C13H16N4O2. The number of rotatable bonds is 5. The first-order valence-electron chi connectivity index (χ1n) is 5.96. The minimum absolute atomic E-state index is 0.127. The number of imidazole rings is 1. The second-order valence-electron chi connectivity index (χ2n) is 4.05. The first-order valence-corrected chi connectivity index (χ1v) is 5.96. The molecule has 6 nitrogen and oxygen atoms in total. The SMILES string of the molecule is NCCn1cnc(C(=O)Nc2ccccc2CO)c1. The molecule has 6 heteroatoms. The van der Waals surface area contributed by atoms with Crippen molar-refractivity contribution in [2.24, 2.45) is 5.73 Å². The van der Waals surface area contributed by atoms with Gasteiger partial charge in [0.05, 0.1) is 12.9 Å². The number of aliphatic hydroxyl groups excluding tert-OH is 1. The van der Waals surface area contributed by atoms with Crippen LogP contribution in [-0.2, 0) is 13.2 Å². The van der Waals surface area contributed by atoms with Crippen LogP contribution in [0.2, 0.25) is 0 Å². The largest absolute Gasteiger partial charge is 0.392 e. The van der Waals surface area contributed by atoms with Gasteiger partial charge in [0.25, 0.3) is 5.91 Å². The summed E-state index contributed by atoms with van der Waals surface area (Å²) < 4.78 is 1.76. The molecule has 1 amide bonds. The number of benzene rings is 1. The number of carbonyl (C=O) groups excluding carboxylic acids is 1. The van der Waals surface area contributed by atoms with E-state index in [1.165, 1.54) is 0 Å². The fraction of sp³-hybridized carbons (Fsp3) is 0.231. The third kappa shape index (κ3) is 3.18. The summed E-state index contributed by atoms with van der Waals surface area (Å²) in [6, 6.07) is 7.09. The maximum atomic E-state index is 12.0. The van der Waals surface area contributed by atoms with Gasteiger partial charge in [0.1, 0.15) is 5.69 Å². The zero-order valence-corrected chi connectivity index (χ0v) is 10.4. The molecule has 0 saturated heterocycles. The number of para-hydroxylation sites is 1. The predicted octanol–water partition coefficient (Wildman–Crippen LogP) is 0.586. The summed E-state index contributed by atoms with van der Waals surface area (Å²) >= 11 is 0. The molecule has 0 aliphatic carbocycles. The summed E-state index contributed by atoms with van der Waals surface area (Å²) in [6.45, 7) is 0.982. The van der Waals surface area contributed by atoms with Crippen LogP contribution in [0.3, 0.4) is 0 Å². The molecule has 1 aromatic carbocycles. The molecule has 0 radical (unpaired) electrons. The van der Waals surface area contributed by atoms with Gasteiger partial charge in [-0.1, -0.05) is 18.2 Å². The minimum Gasteiger partial charge on any atom is -0.392 e. The lowest BCUT2D eigenvalue weighted by atomic mass is 10.2. The second kappa shape index (κ2) is 6.12. The fourth-order valence-electron chi connectivity index (χ4n) is 1.72. The lowest BCUT2D eigenvalue weighted by Crippen LogP contribution is -2.14. The van der Waals surface area contributed by atoms with E-state index in [0.717, 1.165) is 0 Å². The molecule has 0 bridgehead atoms. The van der Waals surface area contributed by atoms with Crippen molar-refractivity contribution in [3.8, 4) is 0 Å². The summed E-state index contributed by atoms with van der Waals surface area (Å²) in [5.41, 5.74) is 7.00. The smallest absolute Gasteiger partial charge is 0.275 e. The van der Waals surface area contributed by atoms with E-state index < -0.39 is 0 Å². The van der Waals surface area contributed by atoms with E-state index in [1.807, 2.05) is 0 Å². The number of nitrogens with two attached hydrogens (primary N) is 1. The highest BCUT2D eigenvalue weighted by molar-refractivity contribution is 6.03. The Morgan fingerprint density at radius 3 is 2.95 bits per heavy atom. The van der Waals surface area contributed by atoms with E-state index in [2.05, 4.69) is 10.3 Å². The van der Waals surface area contributed by atoms with E-state index >= 15 is 0 Å². The van der Waals surface area contributed by atoms with Crippen LogP contribution in [0.15, 0.2) is 36.8 Å². The molecule has 100 valence electrons. The van der Waals surface area contributed by atoms with Crippen LogP contribution in [0.5, 0.6) is 0 Å². The molecular weight excluding hydrogens is 244 g/mol. The van der Waals surface area contributed by atoms with Crippen molar-refractivity contribution in [2.45, 2.75) is 13.2 Å². The Hall–Kier alpha value is -2.18. The van der Waals surface area contributed by atoms with Gasteiger partial charge in [0.2, 0.25) is 0 Å². The Labute approximate surface area is 110 Å². The van der Waals surface area contributed by atoms with Crippen molar-refractivity contribution >= 4 is 11.6 Å². The quantitative estimate of drug-likeness (QED) is 0.733. The standard InChI is InChI=1S/C13H16N4O2/c14-5-6-17-7-12(15-9-17)13(19)16-11-4-2-1-3-10(11)8-18/h1-4,7,9,18H,5-6,8,14H2,(H,16,19). The lowest BCUT2D eigenvalue weighted by molar-refractivity contribution is 0.102. The van der Waals surface area contributed by atoms with Gasteiger partial charge in [-0.15, -0.1) is 0 Å². The number of aliphatic hydroxyl groups is 1. The predicted molar refractivity (Wildman–Crippen MR) is 71.6 cm³/mol. The molecule has 0 unspecified atom stereocenters. The van der Waals surface area contributed by atoms with Gasteiger partial charge in [0.15, 0.2) is 0 Å². The summed E-state index contributed by atoms with van der Waals surface area (Å²) in [5.74, 6) is -0.309. The Balaban J connectivity index is 2.11. The van der Waals surface area contributed by atoms with Gasteiger partial charge in [-0.2, -0.15) is 0 Å². The highest BCUT2D eigenvalue weighted by atomic mass is 16.3. The van der Waals surface area contributed by atoms with Crippen LogP contribution in [0.25, 0.3) is 0 Å². The van der Waals surface area contributed by atoms with E-state index in [4.69, 9.17) is 5.73 Å². The molecule has 0 spiro atoms. The van der Waals surface area contributed by atoms with E-state index in [-0.39, 0.29) is 12.5 Å². The minimum atomic E-state index is -0.309. The van der Waals surface area contributed by atoms with Crippen LogP contribution >= 0.6 is 0 Å². The molecule has 0 fully saturated rings. The van der Waals surface area contributed by atoms with Crippen molar-refractivity contribution in [3.05, 3.63) is 48.0 Å². The van der Waals surface area contributed by atoms with Gasteiger partial charge in [-0.25, -0.2) is 4.98 Å². The van der Waals surface area contributed by atoms with Crippen LogP contribution in [-0.4, -0.2) is 27.1 Å². The van der Waals surface area contributed by atoms with Crippen molar-refractivity contribution in [1.29, 1.82) is 0 Å². The number of anilines is 1. The van der Waals surface area contributed by atoms with Gasteiger partial charge in [-0.3, -0.25) is 4.79 Å². The molecule has 4 N–H and O–H groups in total. The molecule has 1 heterocycles. The topological polar surface area (TPSA) is 93.2 Å². The van der Waals surface area contributed by atoms with Crippen molar-refractivity contribution < 1.29 is 9.90 Å². The Morgan fingerprint density at radius 2 is 2.21 bits per heavy atom. The van der Waals surface area contributed by atoms with Crippen molar-refractivity contribution in [1.82, 2.24) is 9.55 Å². The molecule has 1 aromatic heterocycles. The number of amides is 1.